The molecule has 0 aliphatic carbocycles. The second-order valence-electron chi connectivity index (χ2n) is 4.35. The van der Waals surface area contributed by atoms with E-state index in [2.05, 4.69) is 27.3 Å². The molecule has 5 heteroatoms. The lowest BCUT2D eigenvalue weighted by Gasteiger charge is -2.35. The minimum atomic E-state index is 0.111. The summed E-state index contributed by atoms with van der Waals surface area (Å²) in [6.45, 7) is 6.15. The third-order valence-corrected chi connectivity index (χ3v) is 4.64. The van der Waals surface area contributed by atoms with E-state index in [0.29, 0.717) is 0 Å². The summed E-state index contributed by atoms with van der Waals surface area (Å²) < 4.78 is 0. The molecule has 0 aromatic carbocycles. The van der Waals surface area contributed by atoms with Crippen LogP contribution >= 0.6 is 22.9 Å². The van der Waals surface area contributed by atoms with Crippen LogP contribution in [0.2, 0.25) is 0 Å². The van der Waals surface area contributed by atoms with E-state index in [1.807, 2.05) is 0 Å². The fourth-order valence-electron chi connectivity index (χ4n) is 2.12. The van der Waals surface area contributed by atoms with E-state index in [4.69, 9.17) is 16.7 Å². The molecule has 1 unspecified atom stereocenters. The maximum absolute atomic E-state index is 8.88. The molecule has 2 rings (SSSR count). The van der Waals surface area contributed by atoms with Crippen molar-refractivity contribution in [1.29, 1.82) is 0 Å². The van der Waals surface area contributed by atoms with Gasteiger partial charge in [-0.25, -0.2) is 0 Å². The molecule has 17 heavy (non-hydrogen) atoms. The molecule has 1 N–H and O–H groups in total. The van der Waals surface area contributed by atoms with Crippen LogP contribution in [0, 0.1) is 0 Å². The third-order valence-electron chi connectivity index (χ3n) is 3.15. The average Bonchev–Trinajstić information content (AvgIpc) is 2.86. The summed E-state index contributed by atoms with van der Waals surface area (Å²) in [6.07, 6.45) is 0. The Morgan fingerprint density at radius 2 is 2.00 bits per heavy atom. The first-order valence-corrected chi connectivity index (χ1v) is 7.34. The van der Waals surface area contributed by atoms with Gasteiger partial charge in [0.05, 0.1) is 12.0 Å². The van der Waals surface area contributed by atoms with Gasteiger partial charge in [0.15, 0.2) is 0 Å². The van der Waals surface area contributed by atoms with Crippen LogP contribution in [-0.4, -0.2) is 60.8 Å². The van der Waals surface area contributed by atoms with Gasteiger partial charge in [-0.2, -0.15) is 0 Å². The quantitative estimate of drug-likeness (QED) is 0.827. The predicted octanol–water partition coefficient (Wildman–Crippen LogP) is 1.64. The Morgan fingerprint density at radius 3 is 2.59 bits per heavy atom. The molecule has 3 nitrogen and oxygen atoms in total. The largest absolute Gasteiger partial charge is 0.395 e. The van der Waals surface area contributed by atoms with Crippen molar-refractivity contribution in [2.75, 3.05) is 45.9 Å². The molecular formula is C12H19ClN2OS. The van der Waals surface area contributed by atoms with Crippen LogP contribution in [0.25, 0.3) is 0 Å². The smallest absolute Gasteiger partial charge is 0.0805 e. The number of thiophene rings is 1. The van der Waals surface area contributed by atoms with Crippen LogP contribution < -0.4 is 0 Å². The summed E-state index contributed by atoms with van der Waals surface area (Å²) >= 11 is 8.12. The SMILES string of the molecule is OCCN1CCN(CC(Cl)c2cccs2)CC1. The zero-order valence-corrected chi connectivity index (χ0v) is 11.5. The van der Waals surface area contributed by atoms with Gasteiger partial charge >= 0.3 is 0 Å². The van der Waals surface area contributed by atoms with Crippen molar-refractivity contribution >= 4 is 22.9 Å². The molecule has 0 amide bonds. The lowest BCUT2D eigenvalue weighted by Crippen LogP contribution is -2.47. The number of β-amino-alcohol motifs (C(OH)–C–C–N with tert-alkyl or cyclic N) is 1. The number of nitrogens with zero attached hydrogens (tertiary/aromatic N) is 2. The first-order valence-electron chi connectivity index (χ1n) is 6.02. The predicted molar refractivity (Wildman–Crippen MR) is 72.9 cm³/mol. The minimum Gasteiger partial charge on any atom is -0.395 e. The first-order chi connectivity index (χ1) is 8.29. The van der Waals surface area contributed by atoms with Crippen molar-refractivity contribution in [2.24, 2.45) is 0 Å². The van der Waals surface area contributed by atoms with Gasteiger partial charge in [0.2, 0.25) is 0 Å². The van der Waals surface area contributed by atoms with Crippen LogP contribution in [0.3, 0.4) is 0 Å². The van der Waals surface area contributed by atoms with Gasteiger partial charge in [0, 0.05) is 44.1 Å². The van der Waals surface area contributed by atoms with Crippen molar-refractivity contribution in [3.63, 3.8) is 0 Å². The zero-order valence-electron chi connectivity index (χ0n) is 9.89. The normalized spacial score (nSPS) is 20.6. The molecule has 0 spiro atoms. The van der Waals surface area contributed by atoms with Gasteiger partial charge in [0.1, 0.15) is 0 Å². The summed E-state index contributed by atoms with van der Waals surface area (Å²) in [5.74, 6) is 0. The highest BCUT2D eigenvalue weighted by Gasteiger charge is 2.19. The van der Waals surface area contributed by atoms with E-state index >= 15 is 0 Å². The van der Waals surface area contributed by atoms with Crippen LogP contribution in [0.15, 0.2) is 17.5 Å². The molecule has 96 valence electrons. The highest BCUT2D eigenvalue weighted by molar-refractivity contribution is 7.10. The van der Waals surface area contributed by atoms with Gasteiger partial charge < -0.3 is 5.11 Å². The van der Waals surface area contributed by atoms with Gasteiger partial charge in [-0.05, 0) is 11.4 Å². The molecule has 2 heterocycles. The zero-order chi connectivity index (χ0) is 12.1. The fraction of sp³-hybridized carbons (Fsp3) is 0.667. The topological polar surface area (TPSA) is 26.7 Å². The number of aliphatic hydroxyl groups excluding tert-OH is 1. The summed E-state index contributed by atoms with van der Waals surface area (Å²) in [5.41, 5.74) is 0. The molecule has 1 fully saturated rings. The Balaban J connectivity index is 1.74. The van der Waals surface area contributed by atoms with Gasteiger partial charge in [0.25, 0.3) is 0 Å². The van der Waals surface area contributed by atoms with E-state index in [-0.39, 0.29) is 12.0 Å². The summed E-state index contributed by atoms with van der Waals surface area (Å²) in [5, 5.41) is 11.1. The number of hydrogen-bond donors (Lipinski definition) is 1. The lowest BCUT2D eigenvalue weighted by atomic mass is 10.2. The fourth-order valence-corrected chi connectivity index (χ4v) is 3.24. The van der Waals surface area contributed by atoms with E-state index in [0.717, 1.165) is 39.3 Å². The van der Waals surface area contributed by atoms with Gasteiger partial charge in [-0.1, -0.05) is 6.07 Å². The Labute approximate surface area is 112 Å². The summed E-state index contributed by atoms with van der Waals surface area (Å²) in [6, 6.07) is 4.15. The second-order valence-corrected chi connectivity index (χ2v) is 5.85. The van der Waals surface area contributed by atoms with Crippen LogP contribution in [0.1, 0.15) is 10.3 Å². The molecule has 1 atom stereocenters. The molecule has 1 aliphatic heterocycles. The number of halogens is 1. The lowest BCUT2D eigenvalue weighted by molar-refractivity contribution is 0.113. The maximum atomic E-state index is 8.88. The van der Waals surface area contributed by atoms with Crippen LogP contribution in [-0.2, 0) is 0 Å². The number of rotatable bonds is 5. The summed E-state index contributed by atoms with van der Waals surface area (Å²) in [7, 11) is 0. The Morgan fingerprint density at radius 1 is 1.29 bits per heavy atom. The van der Waals surface area contributed by atoms with Crippen LogP contribution in [0.5, 0.6) is 0 Å². The molecule has 0 saturated carbocycles. The van der Waals surface area contributed by atoms with E-state index < -0.39 is 0 Å². The van der Waals surface area contributed by atoms with Gasteiger partial charge in [-0.3, -0.25) is 9.80 Å². The molecule has 1 aliphatic rings. The minimum absolute atomic E-state index is 0.111. The molecular weight excluding hydrogens is 256 g/mol. The van der Waals surface area contributed by atoms with Crippen molar-refractivity contribution in [2.45, 2.75) is 5.38 Å². The Hall–Kier alpha value is -0.130. The first kappa shape index (κ1) is 13.3. The highest BCUT2D eigenvalue weighted by Crippen LogP contribution is 2.26. The third kappa shape index (κ3) is 3.93. The van der Waals surface area contributed by atoms with Crippen molar-refractivity contribution in [1.82, 2.24) is 9.80 Å². The van der Waals surface area contributed by atoms with E-state index in [9.17, 15) is 0 Å². The molecule has 1 saturated heterocycles. The maximum Gasteiger partial charge on any atom is 0.0805 e. The second kappa shape index (κ2) is 6.71. The number of piperazine rings is 1. The van der Waals surface area contributed by atoms with Crippen molar-refractivity contribution in [3.05, 3.63) is 22.4 Å². The number of hydrogen-bond acceptors (Lipinski definition) is 4. The summed E-state index contributed by atoms with van der Waals surface area (Å²) in [4.78, 5) is 5.96. The molecule has 0 radical (unpaired) electrons. The number of alkyl halides is 1. The molecule has 1 aromatic rings. The Kier molecular flexibility index (Phi) is 5.25. The molecule has 0 bridgehead atoms. The molecule has 1 aromatic heterocycles. The van der Waals surface area contributed by atoms with E-state index in [1.165, 1.54) is 4.88 Å². The highest BCUT2D eigenvalue weighted by atomic mass is 35.5. The van der Waals surface area contributed by atoms with Gasteiger partial charge in [-0.15, -0.1) is 22.9 Å². The Bertz CT molecular complexity index is 312. The average molecular weight is 275 g/mol. The van der Waals surface area contributed by atoms with Crippen molar-refractivity contribution < 1.29 is 5.11 Å². The van der Waals surface area contributed by atoms with E-state index in [1.54, 1.807) is 11.3 Å². The standard InChI is InChI=1S/C12H19ClN2OS/c13-11(12-2-1-9-17-12)10-15-5-3-14(4-6-15)7-8-16/h1-2,9,11,16H,3-8,10H2. The number of aliphatic hydroxyl groups is 1. The van der Waals surface area contributed by atoms with Crippen molar-refractivity contribution in [3.8, 4) is 0 Å². The monoisotopic (exact) mass is 274 g/mol. The van der Waals surface area contributed by atoms with Crippen LogP contribution in [0.4, 0.5) is 0 Å².